The molecule has 0 atom stereocenters. The number of aromatic nitrogens is 2. The van der Waals surface area contributed by atoms with Gasteiger partial charge in [-0.05, 0) is 31.5 Å². The number of nitrogens with one attached hydrogen (secondary N) is 2. The van der Waals surface area contributed by atoms with Crippen LogP contribution >= 0.6 is 23.1 Å². The fourth-order valence-electron chi connectivity index (χ4n) is 2.83. The van der Waals surface area contributed by atoms with Crippen molar-refractivity contribution in [3.8, 4) is 0 Å². The predicted octanol–water partition coefficient (Wildman–Crippen LogP) is 2.81. The van der Waals surface area contributed by atoms with Crippen LogP contribution in [0.2, 0.25) is 0 Å². The summed E-state index contributed by atoms with van der Waals surface area (Å²) < 4.78 is 10.3. The van der Waals surface area contributed by atoms with Gasteiger partial charge in [-0.1, -0.05) is 12.1 Å². The molecule has 0 aliphatic heterocycles. The number of hydrogen-bond donors (Lipinski definition) is 2. The molecule has 0 aliphatic rings. The third kappa shape index (κ3) is 5.72. The zero-order valence-electron chi connectivity index (χ0n) is 17.4. The van der Waals surface area contributed by atoms with Crippen LogP contribution in [0.3, 0.4) is 0 Å². The maximum Gasteiger partial charge on any atom is 0.339 e. The Morgan fingerprint density at radius 1 is 1.26 bits per heavy atom. The minimum absolute atomic E-state index is 0.151. The highest BCUT2D eigenvalue weighted by Gasteiger charge is 2.16. The van der Waals surface area contributed by atoms with Crippen molar-refractivity contribution < 1.29 is 19.1 Å². The van der Waals surface area contributed by atoms with E-state index in [4.69, 9.17) is 9.47 Å². The Morgan fingerprint density at radius 2 is 2.03 bits per heavy atom. The average molecular weight is 462 g/mol. The topological polar surface area (TPSA) is 110 Å². The number of hydrogen-bond acceptors (Lipinski definition) is 8. The zero-order chi connectivity index (χ0) is 22.4. The summed E-state index contributed by atoms with van der Waals surface area (Å²) in [4.78, 5) is 46.3. The molecular weight excluding hydrogens is 438 g/mol. The van der Waals surface area contributed by atoms with Gasteiger partial charge in [0, 0.05) is 23.4 Å². The van der Waals surface area contributed by atoms with Gasteiger partial charge in [0.2, 0.25) is 5.91 Å². The van der Waals surface area contributed by atoms with Gasteiger partial charge < -0.3 is 19.8 Å². The number of methoxy groups -OCH3 is 1. The summed E-state index contributed by atoms with van der Waals surface area (Å²) in [6.45, 7) is 4.53. The summed E-state index contributed by atoms with van der Waals surface area (Å²) >= 11 is 2.68. The Labute approximate surface area is 187 Å². The number of rotatable bonds is 9. The number of esters is 1. The Bertz CT molecular complexity index is 1160. The normalized spacial score (nSPS) is 10.9. The number of carbonyl (C=O) groups is 2. The van der Waals surface area contributed by atoms with E-state index >= 15 is 0 Å². The SMILES string of the molecule is COCCNC(=O)CSc1ccccc1C(=O)OCc1nc2sc(C)c(C)c2c(=O)[nH]1. The largest absolute Gasteiger partial charge is 0.454 e. The Hall–Kier alpha value is -2.69. The van der Waals surface area contributed by atoms with Gasteiger partial charge in [-0.3, -0.25) is 9.59 Å². The Kier molecular flexibility index (Phi) is 7.83. The molecule has 2 aromatic heterocycles. The van der Waals surface area contributed by atoms with E-state index in [0.29, 0.717) is 33.8 Å². The lowest BCUT2D eigenvalue weighted by Gasteiger charge is -2.09. The maximum atomic E-state index is 12.6. The standard InChI is InChI=1S/C21H23N3O5S2/c1-12-13(2)31-20-18(12)19(26)23-16(24-20)10-29-21(27)14-6-4-5-7-15(14)30-11-17(25)22-8-9-28-3/h4-7H,8-11H2,1-3H3,(H,22,25)(H,23,24,26). The highest BCUT2D eigenvalue weighted by Crippen LogP contribution is 2.26. The highest BCUT2D eigenvalue weighted by molar-refractivity contribution is 8.00. The molecule has 31 heavy (non-hydrogen) atoms. The molecular formula is C21H23N3O5S2. The molecule has 0 bridgehead atoms. The van der Waals surface area contributed by atoms with Crippen molar-refractivity contribution >= 4 is 45.2 Å². The van der Waals surface area contributed by atoms with Gasteiger partial charge in [0.05, 0.1) is 23.3 Å². The van der Waals surface area contributed by atoms with Gasteiger partial charge in [-0.15, -0.1) is 23.1 Å². The summed E-state index contributed by atoms with van der Waals surface area (Å²) in [5, 5.41) is 3.31. The van der Waals surface area contributed by atoms with Crippen molar-refractivity contribution in [3.05, 3.63) is 56.4 Å². The first-order valence-electron chi connectivity index (χ1n) is 9.54. The van der Waals surface area contributed by atoms with Gasteiger partial charge in [-0.25, -0.2) is 9.78 Å². The van der Waals surface area contributed by atoms with Crippen LogP contribution in [0.1, 0.15) is 26.6 Å². The van der Waals surface area contributed by atoms with E-state index in [0.717, 1.165) is 10.4 Å². The first-order chi connectivity index (χ1) is 14.9. The van der Waals surface area contributed by atoms with E-state index < -0.39 is 5.97 Å². The van der Waals surface area contributed by atoms with Crippen LogP contribution in [0, 0.1) is 13.8 Å². The van der Waals surface area contributed by atoms with E-state index in [2.05, 4.69) is 15.3 Å². The van der Waals surface area contributed by atoms with Crippen LogP contribution < -0.4 is 10.9 Å². The number of nitrogens with zero attached hydrogens (tertiary/aromatic N) is 1. The lowest BCUT2D eigenvalue weighted by Crippen LogP contribution is -2.28. The molecule has 164 valence electrons. The summed E-state index contributed by atoms with van der Waals surface area (Å²) in [5.74, 6) is -0.253. The number of thiophene rings is 1. The molecule has 0 aliphatic carbocycles. The summed E-state index contributed by atoms with van der Waals surface area (Å²) in [6, 6.07) is 6.91. The van der Waals surface area contributed by atoms with Gasteiger partial charge >= 0.3 is 5.97 Å². The van der Waals surface area contributed by atoms with E-state index in [-0.39, 0.29) is 29.7 Å². The minimum Gasteiger partial charge on any atom is -0.454 e. The van der Waals surface area contributed by atoms with Crippen LogP contribution in [-0.2, 0) is 20.9 Å². The molecule has 0 saturated heterocycles. The second-order valence-corrected chi connectivity index (χ2v) is 8.90. The van der Waals surface area contributed by atoms with Gasteiger partial charge in [-0.2, -0.15) is 0 Å². The van der Waals surface area contributed by atoms with Crippen LogP contribution in [0.5, 0.6) is 0 Å². The fourth-order valence-corrected chi connectivity index (χ4v) is 4.75. The number of carbonyl (C=O) groups excluding carboxylic acids is 2. The van der Waals surface area contributed by atoms with E-state index in [9.17, 15) is 14.4 Å². The molecule has 2 N–H and O–H groups in total. The second kappa shape index (κ2) is 10.6. The van der Waals surface area contributed by atoms with E-state index in [1.807, 2.05) is 13.8 Å². The second-order valence-electron chi connectivity index (χ2n) is 6.68. The summed E-state index contributed by atoms with van der Waals surface area (Å²) in [7, 11) is 1.56. The van der Waals surface area contributed by atoms with Crippen LogP contribution in [0.15, 0.2) is 34.0 Å². The fraction of sp³-hybridized carbons (Fsp3) is 0.333. The third-order valence-corrected chi connectivity index (χ3v) is 6.70. The molecule has 10 heteroatoms. The maximum absolute atomic E-state index is 12.6. The number of aromatic amines is 1. The summed E-state index contributed by atoms with van der Waals surface area (Å²) in [6.07, 6.45) is 0. The predicted molar refractivity (Wildman–Crippen MR) is 121 cm³/mol. The average Bonchev–Trinajstić information content (AvgIpc) is 3.04. The minimum atomic E-state index is -0.552. The first-order valence-corrected chi connectivity index (χ1v) is 11.3. The Morgan fingerprint density at radius 3 is 2.81 bits per heavy atom. The number of thioether (sulfide) groups is 1. The van der Waals surface area contributed by atoms with Crippen LogP contribution in [0.4, 0.5) is 0 Å². The molecule has 3 rings (SSSR count). The molecule has 2 heterocycles. The van der Waals surface area contributed by atoms with Gasteiger partial charge in [0.25, 0.3) is 5.56 Å². The molecule has 0 spiro atoms. The number of H-pyrrole nitrogens is 1. The molecule has 0 unspecified atom stereocenters. The Balaban J connectivity index is 1.65. The monoisotopic (exact) mass is 461 g/mol. The van der Waals surface area contributed by atoms with E-state index in [1.165, 1.54) is 23.1 Å². The molecule has 0 fully saturated rings. The third-order valence-electron chi connectivity index (χ3n) is 4.52. The lowest BCUT2D eigenvalue weighted by atomic mass is 10.2. The molecule has 0 radical (unpaired) electrons. The molecule has 1 aromatic carbocycles. The van der Waals surface area contributed by atoms with Gasteiger partial charge in [0.15, 0.2) is 0 Å². The number of fused-ring (bicyclic) bond motifs is 1. The zero-order valence-corrected chi connectivity index (χ0v) is 19.1. The molecule has 1 amide bonds. The highest BCUT2D eigenvalue weighted by atomic mass is 32.2. The van der Waals surface area contributed by atoms with Crippen molar-refractivity contribution in [1.29, 1.82) is 0 Å². The molecule has 8 nitrogen and oxygen atoms in total. The summed E-state index contributed by atoms with van der Waals surface area (Å²) in [5.41, 5.74) is 1.02. The first kappa shape index (κ1) is 23.0. The number of ether oxygens (including phenoxy) is 2. The number of amides is 1. The van der Waals surface area contributed by atoms with E-state index in [1.54, 1.807) is 31.4 Å². The molecule has 0 saturated carbocycles. The smallest absolute Gasteiger partial charge is 0.339 e. The number of aryl methyl sites for hydroxylation is 2. The molecule has 3 aromatic rings. The van der Waals surface area contributed by atoms with Crippen molar-refractivity contribution in [3.63, 3.8) is 0 Å². The lowest BCUT2D eigenvalue weighted by molar-refractivity contribution is -0.118. The van der Waals surface area contributed by atoms with Crippen molar-refractivity contribution in [2.75, 3.05) is 26.0 Å². The van der Waals surface area contributed by atoms with Crippen molar-refractivity contribution in [2.24, 2.45) is 0 Å². The van der Waals surface area contributed by atoms with Crippen LogP contribution in [-0.4, -0.2) is 47.9 Å². The van der Waals surface area contributed by atoms with Crippen molar-refractivity contribution in [1.82, 2.24) is 15.3 Å². The number of benzene rings is 1. The van der Waals surface area contributed by atoms with Crippen LogP contribution in [0.25, 0.3) is 10.2 Å². The van der Waals surface area contributed by atoms with Gasteiger partial charge in [0.1, 0.15) is 17.3 Å². The quantitative estimate of drug-likeness (QED) is 0.286. The van der Waals surface area contributed by atoms with Crippen molar-refractivity contribution in [2.45, 2.75) is 25.3 Å².